The van der Waals surface area contributed by atoms with Gasteiger partial charge in [0.2, 0.25) is 5.91 Å². The summed E-state index contributed by atoms with van der Waals surface area (Å²) in [4.78, 5) is 18.6. The summed E-state index contributed by atoms with van der Waals surface area (Å²) in [5, 5.41) is 0. The molecule has 2 heterocycles. The van der Waals surface area contributed by atoms with Gasteiger partial charge in [-0.25, -0.2) is 0 Å². The van der Waals surface area contributed by atoms with Crippen LogP contribution in [0, 0.1) is 6.92 Å². The molecular formula is C20H24N2O3. The van der Waals surface area contributed by atoms with E-state index < -0.39 is 5.60 Å². The smallest absolute Gasteiger partial charge is 0.228 e. The summed E-state index contributed by atoms with van der Waals surface area (Å²) in [5.41, 5.74) is 1.43. The number of amides is 1. The van der Waals surface area contributed by atoms with Gasteiger partial charge in [0, 0.05) is 25.5 Å². The van der Waals surface area contributed by atoms with Crippen LogP contribution in [0.25, 0.3) is 0 Å². The predicted molar refractivity (Wildman–Crippen MR) is 95.6 cm³/mol. The molecule has 1 aromatic carbocycles. The Morgan fingerprint density at radius 1 is 1.24 bits per heavy atom. The molecule has 0 N–H and O–H groups in total. The molecule has 5 nitrogen and oxygen atoms in total. The third-order valence-corrected chi connectivity index (χ3v) is 4.74. The van der Waals surface area contributed by atoms with Crippen LogP contribution in [0.5, 0.6) is 5.75 Å². The van der Waals surface area contributed by atoms with E-state index >= 15 is 0 Å². The number of carbonyl (C=O) groups is 1. The van der Waals surface area contributed by atoms with Crippen molar-refractivity contribution < 1.29 is 14.3 Å². The maximum absolute atomic E-state index is 12.5. The third-order valence-electron chi connectivity index (χ3n) is 4.74. The first-order chi connectivity index (χ1) is 12.1. The number of nitrogens with zero attached hydrogens (tertiary/aromatic N) is 2. The molecule has 1 atom stereocenters. The number of aryl methyl sites for hydroxylation is 1. The number of benzene rings is 1. The number of carbonyl (C=O) groups excluding carboxylic acids is 1. The SMILES string of the molecule is CO[C@@]1(COc2ccccc2C)CCN(C(=O)Cc2ccccn2)C1. The molecule has 0 unspecified atom stereocenters. The van der Waals surface area contributed by atoms with E-state index in [0.29, 0.717) is 26.1 Å². The number of likely N-dealkylation sites (tertiary alicyclic amines) is 1. The van der Waals surface area contributed by atoms with Gasteiger partial charge in [-0.05, 0) is 37.1 Å². The molecule has 0 bridgehead atoms. The number of hydrogen-bond acceptors (Lipinski definition) is 4. The van der Waals surface area contributed by atoms with Gasteiger partial charge in [0.1, 0.15) is 18.0 Å². The highest BCUT2D eigenvalue weighted by Gasteiger charge is 2.41. The highest BCUT2D eigenvalue weighted by Crippen LogP contribution is 2.27. The summed E-state index contributed by atoms with van der Waals surface area (Å²) < 4.78 is 11.7. The number of methoxy groups -OCH3 is 1. The fourth-order valence-corrected chi connectivity index (χ4v) is 3.10. The fraction of sp³-hybridized carbons (Fsp3) is 0.400. The molecule has 0 radical (unpaired) electrons. The average Bonchev–Trinajstić information content (AvgIpc) is 3.07. The lowest BCUT2D eigenvalue weighted by Gasteiger charge is -2.28. The van der Waals surface area contributed by atoms with E-state index in [0.717, 1.165) is 23.4 Å². The van der Waals surface area contributed by atoms with Gasteiger partial charge in [-0.2, -0.15) is 0 Å². The minimum atomic E-state index is -0.456. The van der Waals surface area contributed by atoms with Gasteiger partial charge in [0.05, 0.1) is 13.0 Å². The molecule has 1 aliphatic rings. The Kier molecular flexibility index (Phi) is 5.34. The van der Waals surface area contributed by atoms with Gasteiger partial charge in [0.15, 0.2) is 0 Å². The topological polar surface area (TPSA) is 51.7 Å². The van der Waals surface area contributed by atoms with Crippen molar-refractivity contribution in [1.82, 2.24) is 9.88 Å². The number of rotatable bonds is 6. The molecule has 25 heavy (non-hydrogen) atoms. The van der Waals surface area contributed by atoms with E-state index in [9.17, 15) is 4.79 Å². The van der Waals surface area contributed by atoms with Crippen molar-refractivity contribution in [2.45, 2.75) is 25.4 Å². The number of aromatic nitrogens is 1. The Hall–Kier alpha value is -2.40. The summed E-state index contributed by atoms with van der Waals surface area (Å²) >= 11 is 0. The van der Waals surface area contributed by atoms with Crippen LogP contribution < -0.4 is 4.74 Å². The minimum absolute atomic E-state index is 0.0773. The largest absolute Gasteiger partial charge is 0.490 e. The van der Waals surface area contributed by atoms with Crippen LogP contribution in [0.2, 0.25) is 0 Å². The van der Waals surface area contributed by atoms with Gasteiger partial charge in [-0.1, -0.05) is 24.3 Å². The Morgan fingerprint density at radius 3 is 2.76 bits per heavy atom. The second-order valence-corrected chi connectivity index (χ2v) is 6.50. The van der Waals surface area contributed by atoms with Crippen LogP contribution in [0.3, 0.4) is 0 Å². The zero-order chi connectivity index (χ0) is 17.7. The van der Waals surface area contributed by atoms with Gasteiger partial charge >= 0.3 is 0 Å². The zero-order valence-electron chi connectivity index (χ0n) is 14.8. The van der Waals surface area contributed by atoms with E-state index in [1.807, 2.05) is 54.3 Å². The summed E-state index contributed by atoms with van der Waals surface area (Å²) in [6, 6.07) is 13.5. The van der Waals surface area contributed by atoms with E-state index in [2.05, 4.69) is 4.98 Å². The number of ether oxygens (including phenoxy) is 2. The van der Waals surface area contributed by atoms with Crippen LogP contribution in [0.4, 0.5) is 0 Å². The normalized spacial score (nSPS) is 19.8. The zero-order valence-corrected chi connectivity index (χ0v) is 14.8. The Labute approximate surface area is 148 Å². The molecular weight excluding hydrogens is 316 g/mol. The molecule has 3 rings (SSSR count). The summed E-state index contributed by atoms with van der Waals surface area (Å²) in [7, 11) is 1.69. The van der Waals surface area contributed by atoms with Crippen molar-refractivity contribution in [3.05, 3.63) is 59.9 Å². The first-order valence-corrected chi connectivity index (χ1v) is 8.53. The first kappa shape index (κ1) is 17.4. The molecule has 1 amide bonds. The average molecular weight is 340 g/mol. The molecule has 0 saturated carbocycles. The molecule has 5 heteroatoms. The Bertz CT molecular complexity index is 720. The molecule has 0 spiro atoms. The number of para-hydroxylation sites is 1. The lowest BCUT2D eigenvalue weighted by atomic mass is 10.0. The monoisotopic (exact) mass is 340 g/mol. The molecule has 2 aromatic rings. The molecule has 0 aliphatic carbocycles. The molecule has 1 aromatic heterocycles. The first-order valence-electron chi connectivity index (χ1n) is 8.53. The minimum Gasteiger partial charge on any atom is -0.490 e. The van der Waals surface area contributed by atoms with Crippen molar-refractivity contribution in [2.24, 2.45) is 0 Å². The van der Waals surface area contributed by atoms with Crippen molar-refractivity contribution in [1.29, 1.82) is 0 Å². The lowest BCUT2D eigenvalue weighted by Crippen LogP contribution is -2.42. The van der Waals surface area contributed by atoms with Crippen LogP contribution in [0.15, 0.2) is 48.7 Å². The van der Waals surface area contributed by atoms with Crippen LogP contribution in [-0.4, -0.2) is 48.2 Å². The fourth-order valence-electron chi connectivity index (χ4n) is 3.10. The highest BCUT2D eigenvalue weighted by molar-refractivity contribution is 5.78. The van der Waals surface area contributed by atoms with E-state index in [4.69, 9.17) is 9.47 Å². The second kappa shape index (κ2) is 7.66. The van der Waals surface area contributed by atoms with Crippen LogP contribution in [-0.2, 0) is 16.0 Å². The Balaban J connectivity index is 1.60. The van der Waals surface area contributed by atoms with Crippen molar-refractivity contribution in [3.8, 4) is 5.75 Å². The molecule has 1 aliphatic heterocycles. The molecule has 132 valence electrons. The number of pyridine rings is 1. The van der Waals surface area contributed by atoms with E-state index in [1.165, 1.54) is 0 Å². The summed E-state index contributed by atoms with van der Waals surface area (Å²) in [6.45, 7) is 3.67. The van der Waals surface area contributed by atoms with Gasteiger partial charge in [-0.15, -0.1) is 0 Å². The van der Waals surface area contributed by atoms with E-state index in [-0.39, 0.29) is 5.91 Å². The quantitative estimate of drug-likeness (QED) is 0.811. The maximum atomic E-state index is 12.5. The third kappa shape index (κ3) is 4.17. The van der Waals surface area contributed by atoms with Gasteiger partial charge in [-0.3, -0.25) is 9.78 Å². The summed E-state index contributed by atoms with van der Waals surface area (Å²) in [6.07, 6.45) is 2.80. The van der Waals surface area contributed by atoms with E-state index in [1.54, 1.807) is 13.3 Å². The lowest BCUT2D eigenvalue weighted by molar-refractivity contribution is -0.131. The standard InChI is InChI=1S/C20H24N2O3/c1-16-7-3-4-9-18(16)25-15-20(24-2)10-12-22(14-20)19(23)13-17-8-5-6-11-21-17/h3-9,11H,10,12-15H2,1-2H3/t20-/m0/s1. The van der Waals surface area contributed by atoms with Crippen LogP contribution in [0.1, 0.15) is 17.7 Å². The van der Waals surface area contributed by atoms with Crippen molar-refractivity contribution in [3.63, 3.8) is 0 Å². The predicted octanol–water partition coefficient (Wildman–Crippen LogP) is 2.63. The van der Waals surface area contributed by atoms with Crippen molar-refractivity contribution in [2.75, 3.05) is 26.8 Å². The van der Waals surface area contributed by atoms with Gasteiger partial charge < -0.3 is 14.4 Å². The summed E-state index contributed by atoms with van der Waals surface area (Å²) in [5.74, 6) is 0.936. The van der Waals surface area contributed by atoms with Gasteiger partial charge in [0.25, 0.3) is 0 Å². The molecule has 1 saturated heterocycles. The highest BCUT2D eigenvalue weighted by atomic mass is 16.5. The van der Waals surface area contributed by atoms with Crippen LogP contribution >= 0.6 is 0 Å². The Morgan fingerprint density at radius 2 is 2.04 bits per heavy atom. The molecule has 1 fully saturated rings. The number of hydrogen-bond donors (Lipinski definition) is 0. The van der Waals surface area contributed by atoms with Crippen molar-refractivity contribution >= 4 is 5.91 Å². The maximum Gasteiger partial charge on any atom is 0.228 e. The second-order valence-electron chi connectivity index (χ2n) is 6.50.